The number of aliphatic imine (C=N–C) groups is 1. The molecule has 0 aromatic carbocycles. The number of esters is 1. The number of ether oxygens (including phenoxy) is 6. The first-order chi connectivity index (χ1) is 29.3. The zero-order valence-electron chi connectivity index (χ0n) is 39.5. The number of nitrogens with zero attached hydrogens (tertiary/aromatic N) is 4. The van der Waals surface area contributed by atoms with Crippen LogP contribution in [0, 0.1) is 35.5 Å². The van der Waals surface area contributed by atoms with Crippen molar-refractivity contribution in [2.45, 2.75) is 162 Å². The van der Waals surface area contributed by atoms with E-state index in [4.69, 9.17) is 39.0 Å². The molecular formula is C46H71N5O12. The van der Waals surface area contributed by atoms with Gasteiger partial charge in [0.05, 0.1) is 48.8 Å². The van der Waals surface area contributed by atoms with E-state index in [0.717, 1.165) is 0 Å². The van der Waals surface area contributed by atoms with E-state index in [1.54, 1.807) is 45.9 Å². The first kappa shape index (κ1) is 51.8. The Labute approximate surface area is 372 Å². The Kier molecular flexibility index (Phi) is 17.6. The molecule has 4 heterocycles. The molecule has 17 nitrogen and oxygen atoms in total. The number of cyclic esters (lactones) is 1. The largest absolute Gasteiger partial charge is 0.459 e. The van der Waals surface area contributed by atoms with Gasteiger partial charge in [-0.05, 0) is 99.4 Å². The summed E-state index contributed by atoms with van der Waals surface area (Å²) < 4.78 is 39.2. The van der Waals surface area contributed by atoms with Gasteiger partial charge in [0, 0.05) is 24.5 Å². The van der Waals surface area contributed by atoms with Gasteiger partial charge < -0.3 is 54.1 Å². The minimum atomic E-state index is -1.88. The van der Waals surface area contributed by atoms with Gasteiger partial charge in [-0.25, -0.2) is 9.98 Å². The SMILES string of the molecule is CC[C@H]1OC(=O)[C@H](C)C(=O)[C@H](C)[C@@H](O[C@@H]2O[C@H](C)[C@@H](OC(C)(C)C)[C@H](N(C)C)[C@H]2O)[C@@]2(C)C[C@@H](C)/C(=N\C(C)=O)[C@H](C)[C@@H](OC/C(=N\OCC#Cc3cccc(N)n3)CO2)[C@]1(C)O. The first-order valence-electron chi connectivity index (χ1n) is 21.8. The van der Waals surface area contributed by atoms with Gasteiger partial charge in [-0.15, -0.1) is 0 Å². The summed E-state index contributed by atoms with van der Waals surface area (Å²) >= 11 is 0. The second kappa shape index (κ2) is 21.4. The quantitative estimate of drug-likeness (QED) is 0.117. The maximum atomic E-state index is 14.6. The fourth-order valence-electron chi connectivity index (χ4n) is 9.04. The molecule has 4 N–H and O–H groups in total. The number of fused-ring (bicyclic) bond motifs is 5. The van der Waals surface area contributed by atoms with E-state index < -0.39 is 107 Å². The van der Waals surface area contributed by atoms with E-state index in [2.05, 4.69) is 27.0 Å². The maximum absolute atomic E-state index is 14.6. The summed E-state index contributed by atoms with van der Waals surface area (Å²) in [5, 5.41) is 28.9. The highest BCUT2D eigenvalue weighted by Gasteiger charge is 2.54. The van der Waals surface area contributed by atoms with Crippen molar-refractivity contribution in [2.75, 3.05) is 39.6 Å². The molecule has 17 heteroatoms. The minimum absolute atomic E-state index is 0.0920. The number of rotatable bonds is 7. The number of carbonyl (C=O) groups excluding carboxylic acids is 3. The van der Waals surface area contributed by atoms with Crippen LogP contribution in [-0.2, 0) is 47.6 Å². The molecule has 3 aliphatic heterocycles. The molecule has 1 aromatic heterocycles. The number of hydrogen-bond acceptors (Lipinski definition) is 16. The maximum Gasteiger partial charge on any atom is 0.316 e. The first-order valence-corrected chi connectivity index (χ1v) is 21.8. The Bertz CT molecular complexity index is 1890. The third-order valence-corrected chi connectivity index (χ3v) is 12.0. The van der Waals surface area contributed by atoms with E-state index in [-0.39, 0.29) is 38.4 Å². The van der Waals surface area contributed by atoms with Crippen molar-refractivity contribution in [3.63, 3.8) is 0 Å². The van der Waals surface area contributed by atoms with Crippen LogP contribution < -0.4 is 5.73 Å². The van der Waals surface area contributed by atoms with E-state index in [9.17, 15) is 24.6 Å². The van der Waals surface area contributed by atoms with Gasteiger partial charge in [-0.2, -0.15) is 0 Å². The molecule has 0 aliphatic carbocycles. The van der Waals surface area contributed by atoms with E-state index in [0.29, 0.717) is 17.2 Å². The Morgan fingerprint density at radius 3 is 2.38 bits per heavy atom. The topological polar surface area (TPSA) is 223 Å². The average Bonchev–Trinajstić information content (AvgIpc) is 3.20. The van der Waals surface area contributed by atoms with E-state index >= 15 is 0 Å². The molecule has 3 aliphatic rings. The summed E-state index contributed by atoms with van der Waals surface area (Å²) in [4.78, 5) is 57.7. The van der Waals surface area contributed by atoms with Crippen LogP contribution in [0.25, 0.3) is 0 Å². The zero-order chi connectivity index (χ0) is 47.2. The monoisotopic (exact) mass is 886 g/mol. The second-order valence-corrected chi connectivity index (χ2v) is 18.8. The van der Waals surface area contributed by atoms with Crippen molar-refractivity contribution in [1.82, 2.24) is 9.88 Å². The standard InChI is InChI=1S/C46H71N5O12/c1-15-33-46(12,56)41-26(3)35(48-30(7)52)25(2)22-45(11,58-24-32(23-57-41)50-59-21-17-19-31-18-16-20-34(47)49-31)40(27(4)37(53)28(5)42(55)61-33)62-43-38(54)36(51(13)14)39(29(6)60-43)63-44(8,9)10/h16,18,20,25-29,33,36,38-41,43,54,56H,15,21-24H2,1-14H3,(H2,47,49)/b48-35+,50-32+/t25-,26+,27+,28-,29-,33-,36-,38-,39-,40-,41-,43+,45-,46-/m1/s1. The highest BCUT2D eigenvalue weighted by atomic mass is 16.7. The van der Waals surface area contributed by atoms with Crippen LogP contribution in [0.2, 0.25) is 0 Å². The number of likely N-dealkylation sites (N-methyl/N-ethyl adjacent to an activating group) is 1. The van der Waals surface area contributed by atoms with Crippen molar-refractivity contribution in [1.29, 1.82) is 0 Å². The lowest BCUT2D eigenvalue weighted by atomic mass is 9.73. The third kappa shape index (κ3) is 12.9. The summed E-state index contributed by atoms with van der Waals surface area (Å²) in [5.74, 6) is 0.490. The van der Waals surface area contributed by atoms with Gasteiger partial charge in [0.15, 0.2) is 18.7 Å². The highest BCUT2D eigenvalue weighted by Crippen LogP contribution is 2.40. The predicted molar refractivity (Wildman–Crippen MR) is 236 cm³/mol. The Morgan fingerprint density at radius 2 is 1.78 bits per heavy atom. The Morgan fingerprint density at radius 1 is 1.10 bits per heavy atom. The van der Waals surface area contributed by atoms with Gasteiger partial charge in [0.1, 0.15) is 47.1 Å². The molecule has 14 atom stereocenters. The van der Waals surface area contributed by atoms with Crippen LogP contribution in [0.4, 0.5) is 5.82 Å². The van der Waals surface area contributed by atoms with Crippen molar-refractivity contribution in [3.05, 3.63) is 23.9 Å². The number of oxime groups is 1. The number of carbonyl (C=O) groups is 3. The number of aliphatic hydroxyl groups is 2. The van der Waals surface area contributed by atoms with Gasteiger partial charge in [-0.3, -0.25) is 14.4 Å². The Balaban J connectivity index is 1.92. The normalized spacial score (nSPS) is 37.6. The fraction of sp³-hybridized carbons (Fsp3) is 0.739. The summed E-state index contributed by atoms with van der Waals surface area (Å²) in [7, 11) is 3.66. The van der Waals surface area contributed by atoms with Gasteiger partial charge in [0.2, 0.25) is 5.91 Å². The number of hydrogen-bond donors (Lipinski definition) is 3. The van der Waals surface area contributed by atoms with E-state index in [1.807, 2.05) is 53.6 Å². The molecule has 0 radical (unpaired) electrons. The lowest BCUT2D eigenvalue weighted by Gasteiger charge is -2.50. The van der Waals surface area contributed by atoms with Crippen LogP contribution in [0.5, 0.6) is 0 Å². The molecule has 4 rings (SSSR count). The lowest BCUT2D eigenvalue weighted by Crippen LogP contribution is -2.65. The third-order valence-electron chi connectivity index (χ3n) is 12.0. The molecule has 0 unspecified atom stereocenters. The molecule has 1 amide bonds. The molecular weight excluding hydrogens is 815 g/mol. The Hall–Kier alpha value is -3.86. The minimum Gasteiger partial charge on any atom is -0.459 e. The number of aliphatic hydroxyl groups excluding tert-OH is 1. The summed E-state index contributed by atoms with van der Waals surface area (Å²) in [5.41, 5.74) is 2.95. The van der Waals surface area contributed by atoms with Crippen molar-refractivity contribution in [3.8, 4) is 11.8 Å². The number of ketones is 1. The molecule has 0 spiro atoms. The molecule has 3 fully saturated rings. The summed E-state index contributed by atoms with van der Waals surface area (Å²) in [6, 6.07) is 4.49. The van der Waals surface area contributed by atoms with Crippen molar-refractivity contribution < 1.29 is 57.9 Å². The van der Waals surface area contributed by atoms with Crippen LogP contribution in [0.15, 0.2) is 28.3 Å². The van der Waals surface area contributed by atoms with E-state index in [1.165, 1.54) is 20.8 Å². The van der Waals surface area contributed by atoms with Crippen LogP contribution in [-0.4, -0.2) is 149 Å². The molecule has 63 heavy (non-hydrogen) atoms. The van der Waals surface area contributed by atoms with Gasteiger partial charge in [0.25, 0.3) is 0 Å². The summed E-state index contributed by atoms with van der Waals surface area (Å²) in [6.07, 6.45) is -7.00. The summed E-state index contributed by atoms with van der Waals surface area (Å²) in [6.45, 7) is 20.1. The number of Topliss-reactive ketones (excluding diaryl/α,β-unsaturated/α-hetero) is 1. The molecule has 352 valence electrons. The second-order valence-electron chi connectivity index (χ2n) is 18.8. The number of amides is 1. The number of nitrogen functional groups attached to an aromatic ring is 1. The fourth-order valence-corrected chi connectivity index (χ4v) is 9.04. The molecule has 2 bridgehead atoms. The highest BCUT2D eigenvalue weighted by molar-refractivity contribution is 6.00. The van der Waals surface area contributed by atoms with Crippen molar-refractivity contribution >= 4 is 34.9 Å². The zero-order valence-corrected chi connectivity index (χ0v) is 39.5. The van der Waals surface area contributed by atoms with Crippen LogP contribution in [0.1, 0.15) is 102 Å². The number of pyridine rings is 1. The van der Waals surface area contributed by atoms with Crippen LogP contribution >= 0.6 is 0 Å². The lowest BCUT2D eigenvalue weighted by molar-refractivity contribution is -0.324. The number of anilines is 1. The van der Waals surface area contributed by atoms with Crippen molar-refractivity contribution in [2.24, 2.45) is 33.8 Å². The van der Waals surface area contributed by atoms with Gasteiger partial charge >= 0.3 is 5.97 Å². The predicted octanol–water partition coefficient (Wildman–Crippen LogP) is 3.74. The number of nitrogens with two attached hydrogens (primary N) is 1. The molecule has 3 saturated heterocycles. The molecule has 1 aromatic rings. The number of aromatic nitrogens is 1. The smallest absolute Gasteiger partial charge is 0.316 e. The average molecular weight is 886 g/mol. The van der Waals surface area contributed by atoms with Crippen LogP contribution in [0.3, 0.4) is 0 Å². The van der Waals surface area contributed by atoms with Gasteiger partial charge in [-0.1, -0.05) is 44.8 Å². The molecule has 0 saturated carbocycles.